The van der Waals surface area contributed by atoms with E-state index in [4.69, 9.17) is 5.73 Å². The second kappa shape index (κ2) is 5.84. The van der Waals surface area contributed by atoms with Gasteiger partial charge in [-0.15, -0.1) is 0 Å². The first-order chi connectivity index (χ1) is 8.58. The number of halogens is 1. The molecule has 1 heterocycles. The fourth-order valence-electron chi connectivity index (χ4n) is 2.05. The van der Waals surface area contributed by atoms with Gasteiger partial charge in [0.2, 0.25) is 0 Å². The standard InChI is InChI=1S/C14H18IN3/c1-10(2)6-13(16)14-8-17-9-18(14)12-5-3-4-11(15)7-12/h3-5,7-10,13H,6,16H2,1-2H3. The van der Waals surface area contributed by atoms with Crippen LogP contribution in [0.15, 0.2) is 36.8 Å². The minimum atomic E-state index is 0.0327. The zero-order valence-corrected chi connectivity index (χ0v) is 12.8. The van der Waals surface area contributed by atoms with Gasteiger partial charge in [0.25, 0.3) is 0 Å². The molecular weight excluding hydrogens is 337 g/mol. The number of hydrogen-bond donors (Lipinski definition) is 1. The monoisotopic (exact) mass is 355 g/mol. The Balaban J connectivity index is 2.33. The SMILES string of the molecule is CC(C)CC(N)c1cncn1-c1cccc(I)c1. The summed E-state index contributed by atoms with van der Waals surface area (Å²) in [7, 11) is 0. The number of nitrogens with two attached hydrogens (primary N) is 1. The second-order valence-corrected chi connectivity index (χ2v) is 6.15. The summed E-state index contributed by atoms with van der Waals surface area (Å²) in [6, 6.07) is 8.37. The normalized spacial score (nSPS) is 12.9. The first-order valence-corrected chi connectivity index (χ1v) is 7.19. The van der Waals surface area contributed by atoms with E-state index in [0.717, 1.165) is 17.8 Å². The maximum absolute atomic E-state index is 6.25. The molecule has 0 aliphatic heterocycles. The van der Waals surface area contributed by atoms with E-state index in [0.29, 0.717) is 5.92 Å². The summed E-state index contributed by atoms with van der Waals surface area (Å²) < 4.78 is 3.29. The zero-order chi connectivity index (χ0) is 13.1. The summed E-state index contributed by atoms with van der Waals surface area (Å²) in [6.07, 6.45) is 4.67. The molecule has 2 N–H and O–H groups in total. The summed E-state index contributed by atoms with van der Waals surface area (Å²) >= 11 is 2.31. The van der Waals surface area contributed by atoms with Crippen LogP contribution in [0.5, 0.6) is 0 Å². The van der Waals surface area contributed by atoms with Crippen molar-refractivity contribution in [1.82, 2.24) is 9.55 Å². The Labute approximate surface area is 122 Å². The lowest BCUT2D eigenvalue weighted by Crippen LogP contribution is -2.16. The highest BCUT2D eigenvalue weighted by Crippen LogP contribution is 2.22. The Kier molecular flexibility index (Phi) is 4.40. The molecule has 0 fully saturated rings. The second-order valence-electron chi connectivity index (χ2n) is 4.90. The molecule has 0 aliphatic carbocycles. The van der Waals surface area contributed by atoms with Crippen LogP contribution in [0.1, 0.15) is 32.0 Å². The molecule has 1 atom stereocenters. The lowest BCUT2D eigenvalue weighted by molar-refractivity contribution is 0.498. The fraction of sp³-hybridized carbons (Fsp3) is 0.357. The maximum atomic E-state index is 6.25. The predicted molar refractivity (Wildman–Crippen MR) is 82.7 cm³/mol. The molecule has 0 bridgehead atoms. The van der Waals surface area contributed by atoms with Gasteiger partial charge in [-0.3, -0.25) is 0 Å². The van der Waals surface area contributed by atoms with E-state index in [9.17, 15) is 0 Å². The summed E-state index contributed by atoms with van der Waals surface area (Å²) in [5.41, 5.74) is 8.45. The molecule has 4 heteroatoms. The average Bonchev–Trinajstić information content (AvgIpc) is 2.76. The Morgan fingerprint density at radius 1 is 1.39 bits per heavy atom. The smallest absolute Gasteiger partial charge is 0.0994 e. The van der Waals surface area contributed by atoms with Gasteiger partial charge in [0.05, 0.1) is 18.2 Å². The number of hydrogen-bond acceptors (Lipinski definition) is 2. The van der Waals surface area contributed by atoms with Gasteiger partial charge in [0, 0.05) is 15.3 Å². The van der Waals surface area contributed by atoms with Crippen LogP contribution in [0.4, 0.5) is 0 Å². The van der Waals surface area contributed by atoms with Gasteiger partial charge in [-0.25, -0.2) is 4.98 Å². The molecule has 1 aromatic heterocycles. The minimum absolute atomic E-state index is 0.0327. The predicted octanol–water partition coefficient (Wildman–Crippen LogP) is 3.52. The van der Waals surface area contributed by atoms with Crippen molar-refractivity contribution in [3.8, 4) is 5.69 Å². The van der Waals surface area contributed by atoms with E-state index in [1.54, 1.807) is 0 Å². The van der Waals surface area contributed by atoms with Crippen molar-refractivity contribution >= 4 is 22.6 Å². The molecule has 2 aromatic rings. The number of benzene rings is 1. The van der Waals surface area contributed by atoms with Crippen LogP contribution in [0, 0.1) is 9.49 Å². The molecule has 0 saturated carbocycles. The zero-order valence-electron chi connectivity index (χ0n) is 10.7. The van der Waals surface area contributed by atoms with Crippen molar-refractivity contribution in [3.63, 3.8) is 0 Å². The van der Waals surface area contributed by atoms with E-state index in [1.165, 1.54) is 3.57 Å². The van der Waals surface area contributed by atoms with Crippen LogP contribution in [-0.4, -0.2) is 9.55 Å². The third-order valence-corrected chi connectivity index (χ3v) is 3.53. The summed E-state index contributed by atoms with van der Waals surface area (Å²) in [6.45, 7) is 4.37. The largest absolute Gasteiger partial charge is 0.323 e. The highest BCUT2D eigenvalue weighted by molar-refractivity contribution is 14.1. The van der Waals surface area contributed by atoms with Gasteiger partial charge in [-0.2, -0.15) is 0 Å². The lowest BCUT2D eigenvalue weighted by Gasteiger charge is -2.16. The van der Waals surface area contributed by atoms with Crippen LogP contribution in [-0.2, 0) is 0 Å². The molecule has 0 amide bonds. The van der Waals surface area contributed by atoms with E-state index in [1.807, 2.05) is 12.5 Å². The molecule has 96 valence electrons. The minimum Gasteiger partial charge on any atom is -0.323 e. The number of nitrogens with zero attached hydrogens (tertiary/aromatic N) is 2. The van der Waals surface area contributed by atoms with E-state index < -0.39 is 0 Å². The highest BCUT2D eigenvalue weighted by atomic mass is 127. The average molecular weight is 355 g/mol. The Morgan fingerprint density at radius 2 is 2.17 bits per heavy atom. The number of imidazole rings is 1. The van der Waals surface area contributed by atoms with E-state index in [-0.39, 0.29) is 6.04 Å². The third-order valence-electron chi connectivity index (χ3n) is 2.86. The first kappa shape index (κ1) is 13.5. The van der Waals surface area contributed by atoms with Crippen LogP contribution in [0.2, 0.25) is 0 Å². The Bertz CT molecular complexity index is 519. The van der Waals surface area contributed by atoms with Crippen molar-refractivity contribution in [1.29, 1.82) is 0 Å². The van der Waals surface area contributed by atoms with Crippen LogP contribution >= 0.6 is 22.6 Å². The molecule has 0 saturated heterocycles. The molecule has 0 spiro atoms. The van der Waals surface area contributed by atoms with Gasteiger partial charge < -0.3 is 10.3 Å². The van der Waals surface area contributed by atoms with Crippen molar-refractivity contribution in [2.24, 2.45) is 11.7 Å². The topological polar surface area (TPSA) is 43.8 Å². The molecule has 0 radical (unpaired) electrons. The van der Waals surface area contributed by atoms with Gasteiger partial charge in [-0.1, -0.05) is 19.9 Å². The van der Waals surface area contributed by atoms with Crippen LogP contribution in [0.3, 0.4) is 0 Å². The van der Waals surface area contributed by atoms with Gasteiger partial charge in [0.15, 0.2) is 0 Å². The molecule has 1 aromatic carbocycles. The summed E-state index contributed by atoms with van der Waals surface area (Å²) in [4.78, 5) is 4.24. The molecule has 2 rings (SSSR count). The fourth-order valence-corrected chi connectivity index (χ4v) is 2.58. The highest BCUT2D eigenvalue weighted by Gasteiger charge is 2.14. The molecule has 0 aliphatic rings. The molecule has 18 heavy (non-hydrogen) atoms. The van der Waals surface area contributed by atoms with E-state index >= 15 is 0 Å². The first-order valence-electron chi connectivity index (χ1n) is 6.11. The van der Waals surface area contributed by atoms with Crippen LogP contribution < -0.4 is 5.73 Å². The van der Waals surface area contributed by atoms with Crippen molar-refractivity contribution in [2.45, 2.75) is 26.3 Å². The maximum Gasteiger partial charge on any atom is 0.0994 e. The van der Waals surface area contributed by atoms with Crippen LogP contribution in [0.25, 0.3) is 5.69 Å². The lowest BCUT2D eigenvalue weighted by atomic mass is 10.0. The molecule has 3 nitrogen and oxygen atoms in total. The quantitative estimate of drug-likeness (QED) is 0.853. The summed E-state index contributed by atoms with van der Waals surface area (Å²) in [5.74, 6) is 0.583. The van der Waals surface area contributed by atoms with Gasteiger partial charge >= 0.3 is 0 Å². The Morgan fingerprint density at radius 3 is 2.83 bits per heavy atom. The van der Waals surface area contributed by atoms with E-state index in [2.05, 4.69) is 70.3 Å². The van der Waals surface area contributed by atoms with Crippen molar-refractivity contribution in [2.75, 3.05) is 0 Å². The number of aromatic nitrogens is 2. The molecule has 1 unspecified atom stereocenters. The molecular formula is C14H18IN3. The van der Waals surface area contributed by atoms with Gasteiger partial charge in [0.1, 0.15) is 0 Å². The summed E-state index contributed by atoms with van der Waals surface area (Å²) in [5, 5.41) is 0. The number of rotatable bonds is 4. The Hall–Kier alpha value is -0.880. The van der Waals surface area contributed by atoms with Crippen molar-refractivity contribution < 1.29 is 0 Å². The third kappa shape index (κ3) is 3.11. The van der Waals surface area contributed by atoms with Crippen molar-refractivity contribution in [3.05, 3.63) is 46.1 Å². The van der Waals surface area contributed by atoms with Gasteiger partial charge in [-0.05, 0) is 53.1 Å².